The first-order valence-corrected chi connectivity index (χ1v) is 8.96. The van der Waals surface area contributed by atoms with Crippen LogP contribution in [-0.2, 0) is 9.59 Å². The highest BCUT2D eigenvalue weighted by Gasteiger charge is 2.39. The Labute approximate surface area is 138 Å². The number of hydrogen-bond donors (Lipinski definition) is 3. The maximum atomic E-state index is 12.5. The Balaban J connectivity index is 1.95. The van der Waals surface area contributed by atoms with Crippen LogP contribution in [0.1, 0.15) is 58.8 Å². The fourth-order valence-electron chi connectivity index (χ4n) is 3.58. The number of rotatable bonds is 5. The second-order valence-corrected chi connectivity index (χ2v) is 7.30. The zero-order chi connectivity index (χ0) is 17.0. The molecular formula is C17H31N3O3. The highest BCUT2D eigenvalue weighted by molar-refractivity contribution is 5.85. The summed E-state index contributed by atoms with van der Waals surface area (Å²) < 4.78 is 0. The average molecular weight is 325 g/mol. The van der Waals surface area contributed by atoms with Crippen LogP contribution in [0.5, 0.6) is 0 Å². The quantitative estimate of drug-likeness (QED) is 0.696. The van der Waals surface area contributed by atoms with E-state index in [1.807, 2.05) is 13.8 Å². The highest BCUT2D eigenvalue weighted by atomic mass is 16.3. The maximum Gasteiger partial charge on any atom is 0.251 e. The third-order valence-corrected chi connectivity index (χ3v) is 5.17. The van der Waals surface area contributed by atoms with Gasteiger partial charge in [0.2, 0.25) is 5.91 Å². The van der Waals surface area contributed by atoms with Gasteiger partial charge < -0.3 is 21.1 Å². The van der Waals surface area contributed by atoms with Crippen molar-refractivity contribution in [2.75, 3.05) is 6.54 Å². The van der Waals surface area contributed by atoms with E-state index < -0.39 is 18.2 Å². The Morgan fingerprint density at radius 3 is 2.39 bits per heavy atom. The van der Waals surface area contributed by atoms with Gasteiger partial charge in [0.1, 0.15) is 0 Å². The van der Waals surface area contributed by atoms with Gasteiger partial charge in [-0.05, 0) is 31.6 Å². The van der Waals surface area contributed by atoms with E-state index in [0.29, 0.717) is 13.0 Å². The number of nitrogens with one attached hydrogen (secondary N) is 1. The lowest BCUT2D eigenvalue weighted by Gasteiger charge is -2.32. The zero-order valence-electron chi connectivity index (χ0n) is 14.3. The number of nitrogens with two attached hydrogens (primary N) is 1. The summed E-state index contributed by atoms with van der Waals surface area (Å²) in [6, 6.07) is -0.866. The van der Waals surface area contributed by atoms with Gasteiger partial charge in [-0.2, -0.15) is 0 Å². The molecule has 0 aromatic heterocycles. The number of hydrogen-bond acceptors (Lipinski definition) is 4. The molecule has 3 atom stereocenters. The van der Waals surface area contributed by atoms with E-state index in [4.69, 9.17) is 5.73 Å². The fraction of sp³-hybridized carbons (Fsp3) is 0.882. The molecule has 2 aliphatic rings. The zero-order valence-corrected chi connectivity index (χ0v) is 14.3. The van der Waals surface area contributed by atoms with Crippen molar-refractivity contribution in [1.82, 2.24) is 10.2 Å². The Bertz CT molecular complexity index is 421. The molecule has 0 radical (unpaired) electrons. The molecule has 1 aliphatic carbocycles. The summed E-state index contributed by atoms with van der Waals surface area (Å²) in [4.78, 5) is 26.4. The van der Waals surface area contributed by atoms with Crippen LogP contribution in [0.15, 0.2) is 0 Å². The molecule has 6 nitrogen and oxygen atoms in total. The first-order valence-electron chi connectivity index (χ1n) is 8.96. The van der Waals surface area contributed by atoms with E-state index in [9.17, 15) is 14.7 Å². The van der Waals surface area contributed by atoms with Gasteiger partial charge in [0.15, 0.2) is 6.10 Å². The summed E-state index contributed by atoms with van der Waals surface area (Å²) in [5.74, 6) is -0.469. The van der Waals surface area contributed by atoms with Crippen molar-refractivity contribution in [1.29, 1.82) is 0 Å². The molecule has 1 saturated carbocycles. The van der Waals surface area contributed by atoms with Crippen LogP contribution in [0.2, 0.25) is 0 Å². The molecule has 4 N–H and O–H groups in total. The summed E-state index contributed by atoms with van der Waals surface area (Å²) in [7, 11) is 0. The Morgan fingerprint density at radius 1 is 1.13 bits per heavy atom. The highest BCUT2D eigenvalue weighted by Crippen LogP contribution is 2.23. The van der Waals surface area contributed by atoms with E-state index in [0.717, 1.165) is 32.1 Å². The van der Waals surface area contributed by atoms with Crippen molar-refractivity contribution in [3.05, 3.63) is 0 Å². The average Bonchev–Trinajstić information content (AvgIpc) is 3.02. The maximum absolute atomic E-state index is 12.5. The van der Waals surface area contributed by atoms with Crippen molar-refractivity contribution in [2.24, 2.45) is 11.7 Å². The second-order valence-electron chi connectivity index (χ2n) is 7.30. The van der Waals surface area contributed by atoms with Crippen LogP contribution in [0.25, 0.3) is 0 Å². The van der Waals surface area contributed by atoms with Gasteiger partial charge in [0.05, 0.1) is 12.1 Å². The standard InChI is InChI=1S/C17H31N3O3/c1-11(2)14(18)17(23)20-10-6-9-13(20)15(21)16(22)19-12-7-4-3-5-8-12/h11-15,21H,3-10,18H2,1-2H3,(H,19,22)/t13?,14-,15?/m0/s1. The second kappa shape index (κ2) is 8.11. The number of likely N-dealkylation sites (tertiary alicyclic amines) is 1. The number of nitrogens with zero attached hydrogens (tertiary/aromatic N) is 1. The van der Waals surface area contributed by atoms with Gasteiger partial charge in [0.25, 0.3) is 5.91 Å². The minimum atomic E-state index is -1.16. The molecule has 1 saturated heterocycles. The van der Waals surface area contributed by atoms with E-state index in [1.54, 1.807) is 4.90 Å². The molecular weight excluding hydrogens is 294 g/mol. The third-order valence-electron chi connectivity index (χ3n) is 5.17. The van der Waals surface area contributed by atoms with Crippen LogP contribution in [0.3, 0.4) is 0 Å². The van der Waals surface area contributed by atoms with E-state index in [2.05, 4.69) is 5.32 Å². The number of aliphatic hydroxyl groups excluding tert-OH is 1. The van der Waals surface area contributed by atoms with Crippen LogP contribution < -0.4 is 11.1 Å². The molecule has 0 aromatic carbocycles. The van der Waals surface area contributed by atoms with Gasteiger partial charge in [-0.15, -0.1) is 0 Å². The van der Waals surface area contributed by atoms with E-state index in [-0.39, 0.29) is 23.8 Å². The first-order chi connectivity index (χ1) is 10.9. The molecule has 2 rings (SSSR count). The van der Waals surface area contributed by atoms with Gasteiger partial charge in [0, 0.05) is 12.6 Å². The molecule has 0 bridgehead atoms. The van der Waals surface area contributed by atoms with Crippen molar-refractivity contribution in [2.45, 2.75) is 83.0 Å². The minimum Gasteiger partial charge on any atom is -0.381 e. The summed E-state index contributed by atoms with van der Waals surface area (Å²) in [5.41, 5.74) is 5.95. The monoisotopic (exact) mass is 325 g/mol. The van der Waals surface area contributed by atoms with Gasteiger partial charge in [-0.25, -0.2) is 0 Å². The van der Waals surface area contributed by atoms with Crippen LogP contribution in [-0.4, -0.2) is 52.6 Å². The molecule has 132 valence electrons. The molecule has 1 heterocycles. The van der Waals surface area contributed by atoms with E-state index in [1.165, 1.54) is 6.42 Å². The lowest BCUT2D eigenvalue weighted by atomic mass is 9.95. The Morgan fingerprint density at radius 2 is 1.78 bits per heavy atom. The minimum absolute atomic E-state index is 0.0389. The van der Waals surface area contributed by atoms with Crippen molar-refractivity contribution in [3.8, 4) is 0 Å². The van der Waals surface area contributed by atoms with Crippen LogP contribution in [0, 0.1) is 5.92 Å². The lowest BCUT2D eigenvalue weighted by Crippen LogP contribution is -2.55. The Kier molecular flexibility index (Phi) is 6.41. The van der Waals surface area contributed by atoms with Crippen molar-refractivity contribution < 1.29 is 14.7 Å². The summed E-state index contributed by atoms with van der Waals surface area (Å²) >= 11 is 0. The van der Waals surface area contributed by atoms with Gasteiger partial charge in [-0.3, -0.25) is 9.59 Å². The number of amides is 2. The number of aliphatic hydroxyl groups is 1. The summed E-state index contributed by atoms with van der Waals surface area (Å²) in [6.45, 7) is 4.37. The normalized spacial score (nSPS) is 25.4. The largest absolute Gasteiger partial charge is 0.381 e. The number of carbonyl (C=O) groups is 2. The van der Waals surface area contributed by atoms with Crippen molar-refractivity contribution >= 4 is 11.8 Å². The molecule has 2 amide bonds. The predicted molar refractivity (Wildman–Crippen MR) is 88.6 cm³/mol. The fourth-order valence-corrected chi connectivity index (χ4v) is 3.58. The molecule has 0 spiro atoms. The van der Waals surface area contributed by atoms with Crippen molar-refractivity contribution in [3.63, 3.8) is 0 Å². The molecule has 2 unspecified atom stereocenters. The topological polar surface area (TPSA) is 95.7 Å². The molecule has 23 heavy (non-hydrogen) atoms. The van der Waals surface area contributed by atoms with Crippen LogP contribution in [0.4, 0.5) is 0 Å². The summed E-state index contributed by atoms with van der Waals surface area (Å²) in [6.07, 6.45) is 5.70. The SMILES string of the molecule is CC(C)[C@H](N)C(=O)N1CCCC1C(O)C(=O)NC1CCCCC1. The molecule has 2 fully saturated rings. The Hall–Kier alpha value is -1.14. The molecule has 1 aliphatic heterocycles. The first kappa shape index (κ1) is 18.2. The molecule has 6 heteroatoms. The summed E-state index contributed by atoms with van der Waals surface area (Å²) in [5, 5.41) is 13.4. The third kappa shape index (κ3) is 4.44. The predicted octanol–water partition coefficient (Wildman–Crippen LogP) is 0.771. The molecule has 0 aromatic rings. The number of carbonyl (C=O) groups excluding carboxylic acids is 2. The van der Waals surface area contributed by atoms with Gasteiger partial charge in [-0.1, -0.05) is 33.1 Å². The van der Waals surface area contributed by atoms with E-state index >= 15 is 0 Å². The van der Waals surface area contributed by atoms with Crippen LogP contribution >= 0.6 is 0 Å². The van der Waals surface area contributed by atoms with Gasteiger partial charge >= 0.3 is 0 Å². The lowest BCUT2D eigenvalue weighted by molar-refractivity contribution is -0.141. The smallest absolute Gasteiger partial charge is 0.251 e.